The Kier molecular flexibility index (Phi) is 4.71. The second-order valence-electron chi connectivity index (χ2n) is 3.67. The predicted octanol–water partition coefficient (Wildman–Crippen LogP) is 0.323. The molecule has 0 spiro atoms. The normalized spacial score (nSPS) is 11.4. The van der Waals surface area contributed by atoms with Gasteiger partial charge in [-0.1, -0.05) is 6.92 Å². The number of hydrogen-bond acceptors (Lipinski definition) is 5. The third-order valence-corrected chi connectivity index (χ3v) is 3.66. The second kappa shape index (κ2) is 5.83. The largest absolute Gasteiger partial charge is 0.398 e. The molecule has 96 valence electrons. The first-order valence-corrected chi connectivity index (χ1v) is 7.03. The van der Waals surface area contributed by atoms with Crippen LogP contribution in [-0.2, 0) is 10.0 Å². The monoisotopic (exact) mass is 258 g/mol. The van der Waals surface area contributed by atoms with Gasteiger partial charge >= 0.3 is 0 Å². The first-order chi connectivity index (χ1) is 7.94. The number of hydrogen-bond donors (Lipinski definition) is 3. The Morgan fingerprint density at radius 2 is 2.18 bits per heavy atom. The lowest BCUT2D eigenvalue weighted by atomic mass is 10.2. The van der Waals surface area contributed by atoms with E-state index in [0.717, 1.165) is 5.56 Å². The second-order valence-corrected chi connectivity index (χ2v) is 5.60. The van der Waals surface area contributed by atoms with Crippen molar-refractivity contribution in [3.63, 3.8) is 0 Å². The highest BCUT2D eigenvalue weighted by Crippen LogP contribution is 2.13. The fourth-order valence-electron chi connectivity index (χ4n) is 1.24. The molecule has 0 aliphatic rings. The van der Waals surface area contributed by atoms with Crippen molar-refractivity contribution in [2.24, 2.45) is 0 Å². The van der Waals surface area contributed by atoms with Gasteiger partial charge in [-0.2, -0.15) is 0 Å². The van der Waals surface area contributed by atoms with Gasteiger partial charge in [-0.15, -0.1) is 0 Å². The number of nitrogens with two attached hydrogens (primary N) is 1. The molecule has 0 aliphatic carbocycles. The Bertz CT molecular complexity index is 473. The van der Waals surface area contributed by atoms with Crippen LogP contribution in [0.2, 0.25) is 0 Å². The predicted molar refractivity (Wildman–Crippen MR) is 69.3 cm³/mol. The van der Waals surface area contributed by atoms with E-state index >= 15 is 0 Å². The van der Waals surface area contributed by atoms with Gasteiger partial charge in [-0.3, -0.25) is 0 Å². The number of nitrogens with one attached hydrogen (secondary N) is 2. The van der Waals surface area contributed by atoms with E-state index in [9.17, 15) is 8.42 Å². The highest BCUT2D eigenvalue weighted by Gasteiger charge is 2.07. The number of rotatable bonds is 6. The maximum Gasteiger partial charge on any atom is 0.213 e. The Morgan fingerprint density at radius 3 is 2.76 bits per heavy atom. The molecule has 4 N–H and O–H groups in total. The number of anilines is 2. The van der Waals surface area contributed by atoms with Gasteiger partial charge in [0, 0.05) is 31.0 Å². The fraction of sp³-hybridized carbons (Fsp3) is 0.500. The van der Waals surface area contributed by atoms with Crippen molar-refractivity contribution in [3.8, 4) is 0 Å². The van der Waals surface area contributed by atoms with Crippen LogP contribution < -0.4 is 15.8 Å². The molecule has 0 atom stereocenters. The van der Waals surface area contributed by atoms with Gasteiger partial charge in [0.25, 0.3) is 0 Å². The Hall–Kier alpha value is -1.34. The molecule has 0 bridgehead atoms. The van der Waals surface area contributed by atoms with E-state index in [4.69, 9.17) is 5.73 Å². The minimum atomic E-state index is -3.19. The van der Waals surface area contributed by atoms with Crippen molar-refractivity contribution in [3.05, 3.63) is 17.8 Å². The zero-order valence-electron chi connectivity index (χ0n) is 10.0. The lowest BCUT2D eigenvalue weighted by Gasteiger charge is -2.08. The zero-order valence-corrected chi connectivity index (χ0v) is 10.8. The van der Waals surface area contributed by atoms with Crippen molar-refractivity contribution in [2.45, 2.75) is 13.8 Å². The van der Waals surface area contributed by atoms with Gasteiger partial charge in [0.2, 0.25) is 10.0 Å². The van der Waals surface area contributed by atoms with Gasteiger partial charge in [0.05, 0.1) is 5.75 Å². The summed E-state index contributed by atoms with van der Waals surface area (Å²) in [7, 11) is -3.19. The summed E-state index contributed by atoms with van der Waals surface area (Å²) < 4.78 is 25.1. The van der Waals surface area contributed by atoms with E-state index in [1.54, 1.807) is 19.2 Å². The summed E-state index contributed by atoms with van der Waals surface area (Å²) in [5, 5.41) is 2.92. The maximum absolute atomic E-state index is 11.3. The standard InChI is InChI=1S/C10H18N4O2S/c1-3-14-17(15,16)5-4-12-10-6-9(11)8(2)7-13-10/h6-7,14H,3-5H2,1-2H3,(H3,11,12,13). The van der Waals surface area contributed by atoms with E-state index in [1.165, 1.54) is 0 Å². The molecule has 1 rings (SSSR count). The number of nitrogens with zero attached hydrogens (tertiary/aromatic N) is 1. The molecule has 0 saturated carbocycles. The molecule has 0 unspecified atom stereocenters. The van der Waals surface area contributed by atoms with E-state index in [1.807, 2.05) is 6.92 Å². The van der Waals surface area contributed by atoms with Crippen LogP contribution in [0.5, 0.6) is 0 Å². The summed E-state index contributed by atoms with van der Waals surface area (Å²) in [6.45, 7) is 4.30. The zero-order chi connectivity index (χ0) is 12.9. The molecule has 0 fully saturated rings. The molecule has 7 heteroatoms. The molecular formula is C10H18N4O2S. The smallest absolute Gasteiger partial charge is 0.213 e. The number of pyridine rings is 1. The topological polar surface area (TPSA) is 97.1 Å². The van der Waals surface area contributed by atoms with Crippen LogP contribution in [0, 0.1) is 6.92 Å². The van der Waals surface area contributed by atoms with E-state index < -0.39 is 10.0 Å². The molecule has 0 amide bonds. The summed E-state index contributed by atoms with van der Waals surface area (Å²) in [5.41, 5.74) is 7.25. The van der Waals surface area contributed by atoms with Crippen molar-refractivity contribution >= 4 is 21.5 Å². The van der Waals surface area contributed by atoms with E-state index in [-0.39, 0.29) is 5.75 Å². The average molecular weight is 258 g/mol. The number of aryl methyl sites for hydroxylation is 1. The molecular weight excluding hydrogens is 240 g/mol. The summed E-state index contributed by atoms with van der Waals surface area (Å²) in [6, 6.07) is 1.69. The van der Waals surface area contributed by atoms with Crippen molar-refractivity contribution < 1.29 is 8.42 Å². The third-order valence-electron chi connectivity index (χ3n) is 2.19. The molecule has 0 saturated heterocycles. The van der Waals surface area contributed by atoms with Gasteiger partial charge in [0.1, 0.15) is 5.82 Å². The Labute approximate surface area is 102 Å². The van der Waals surface area contributed by atoms with Crippen molar-refractivity contribution in [1.82, 2.24) is 9.71 Å². The van der Waals surface area contributed by atoms with Crippen LogP contribution in [-0.4, -0.2) is 32.2 Å². The van der Waals surface area contributed by atoms with Crippen LogP contribution in [0.3, 0.4) is 0 Å². The summed E-state index contributed by atoms with van der Waals surface area (Å²) in [6.07, 6.45) is 1.65. The van der Waals surface area contributed by atoms with Crippen LogP contribution in [0.15, 0.2) is 12.3 Å². The lowest BCUT2D eigenvalue weighted by Crippen LogP contribution is -2.29. The van der Waals surface area contributed by atoms with Gasteiger partial charge in [-0.25, -0.2) is 18.1 Å². The van der Waals surface area contributed by atoms with Crippen LogP contribution in [0.4, 0.5) is 11.5 Å². The SMILES string of the molecule is CCNS(=O)(=O)CCNc1cc(N)c(C)cn1. The third kappa shape index (κ3) is 4.58. The highest BCUT2D eigenvalue weighted by atomic mass is 32.2. The fourth-order valence-corrected chi connectivity index (χ4v) is 2.20. The van der Waals surface area contributed by atoms with Crippen LogP contribution in [0.1, 0.15) is 12.5 Å². The minimum absolute atomic E-state index is 0.0102. The van der Waals surface area contributed by atoms with E-state index in [0.29, 0.717) is 24.6 Å². The Morgan fingerprint density at radius 1 is 1.47 bits per heavy atom. The van der Waals surface area contributed by atoms with Gasteiger partial charge < -0.3 is 11.1 Å². The first-order valence-electron chi connectivity index (χ1n) is 5.38. The molecule has 1 aromatic heterocycles. The molecule has 0 aliphatic heterocycles. The van der Waals surface area contributed by atoms with Crippen LogP contribution >= 0.6 is 0 Å². The summed E-state index contributed by atoms with van der Waals surface area (Å²) >= 11 is 0. The molecule has 17 heavy (non-hydrogen) atoms. The summed E-state index contributed by atoms with van der Waals surface area (Å²) in [5.74, 6) is 0.593. The summed E-state index contributed by atoms with van der Waals surface area (Å²) in [4.78, 5) is 4.10. The molecule has 6 nitrogen and oxygen atoms in total. The van der Waals surface area contributed by atoms with Crippen molar-refractivity contribution in [1.29, 1.82) is 0 Å². The van der Waals surface area contributed by atoms with Gasteiger partial charge in [0.15, 0.2) is 0 Å². The average Bonchev–Trinajstić information content (AvgIpc) is 2.23. The Balaban J connectivity index is 2.49. The highest BCUT2D eigenvalue weighted by molar-refractivity contribution is 7.89. The number of sulfonamides is 1. The van der Waals surface area contributed by atoms with Crippen molar-refractivity contribution in [2.75, 3.05) is 29.9 Å². The van der Waals surface area contributed by atoms with Gasteiger partial charge in [-0.05, 0) is 12.5 Å². The molecule has 0 aromatic carbocycles. The van der Waals surface area contributed by atoms with E-state index in [2.05, 4.69) is 15.0 Å². The lowest BCUT2D eigenvalue weighted by molar-refractivity contribution is 0.584. The maximum atomic E-state index is 11.3. The number of nitrogen functional groups attached to an aromatic ring is 1. The molecule has 1 aromatic rings. The minimum Gasteiger partial charge on any atom is -0.398 e. The quantitative estimate of drug-likeness (QED) is 0.683. The number of aromatic nitrogens is 1. The molecule has 0 radical (unpaired) electrons. The molecule has 1 heterocycles. The first kappa shape index (κ1) is 13.7. The van der Waals surface area contributed by atoms with Crippen LogP contribution in [0.25, 0.3) is 0 Å².